The number of nitrogens with zero attached hydrogens (tertiary/aromatic N) is 2. The highest BCUT2D eigenvalue weighted by Crippen LogP contribution is 2.23. The van der Waals surface area contributed by atoms with Crippen molar-refractivity contribution in [1.29, 1.82) is 0 Å². The number of hydrogen-bond acceptors (Lipinski definition) is 5. The Morgan fingerprint density at radius 1 is 1.33 bits per heavy atom. The maximum Gasteiger partial charge on any atom is 0.232 e. The molecule has 1 N–H and O–H groups in total. The van der Waals surface area contributed by atoms with Crippen LogP contribution in [0.15, 0.2) is 18.2 Å². The topological polar surface area (TPSA) is 82.5 Å². The van der Waals surface area contributed by atoms with Crippen LogP contribution in [0.25, 0.3) is 11.0 Å². The lowest BCUT2D eigenvalue weighted by molar-refractivity contribution is 0.172. The molecule has 2 rings (SSSR count). The van der Waals surface area contributed by atoms with Crippen molar-refractivity contribution in [1.82, 2.24) is 9.55 Å². The Balaban J connectivity index is 2.20. The molecule has 0 aliphatic rings. The fourth-order valence-electron chi connectivity index (χ4n) is 1.91. The molecule has 116 valence electrons. The second kappa shape index (κ2) is 6.31. The van der Waals surface area contributed by atoms with E-state index in [-0.39, 0.29) is 5.95 Å². The monoisotopic (exact) mass is 313 g/mol. The number of aryl methyl sites for hydroxylation is 1. The van der Waals surface area contributed by atoms with E-state index in [4.69, 9.17) is 9.47 Å². The fourth-order valence-corrected chi connectivity index (χ4v) is 2.42. The number of imidazole rings is 1. The Morgan fingerprint density at radius 2 is 2.10 bits per heavy atom. The van der Waals surface area contributed by atoms with Crippen LogP contribution in [0.2, 0.25) is 0 Å². The maximum atomic E-state index is 11.3. The van der Waals surface area contributed by atoms with E-state index in [1.807, 2.05) is 12.1 Å². The van der Waals surface area contributed by atoms with Crippen LogP contribution in [0.3, 0.4) is 0 Å². The number of methoxy groups -OCH3 is 1. The van der Waals surface area contributed by atoms with Crippen molar-refractivity contribution in [3.05, 3.63) is 18.2 Å². The maximum absolute atomic E-state index is 11.3. The molecule has 1 aromatic heterocycles. The lowest BCUT2D eigenvalue weighted by Crippen LogP contribution is -2.13. The molecule has 0 unspecified atom stereocenters. The van der Waals surface area contributed by atoms with Crippen molar-refractivity contribution in [2.75, 3.05) is 31.3 Å². The molecule has 0 fully saturated rings. The third kappa shape index (κ3) is 4.08. The number of ether oxygens (including phenoxy) is 2. The van der Waals surface area contributed by atoms with E-state index in [1.54, 1.807) is 24.8 Å². The molecule has 0 aliphatic carbocycles. The molecule has 0 atom stereocenters. The van der Waals surface area contributed by atoms with Gasteiger partial charge in [-0.15, -0.1) is 0 Å². The average molecular weight is 313 g/mol. The molecule has 21 heavy (non-hydrogen) atoms. The van der Waals surface area contributed by atoms with Crippen molar-refractivity contribution < 1.29 is 17.9 Å². The summed E-state index contributed by atoms with van der Waals surface area (Å²) in [6.07, 6.45) is 1.90. The molecular weight excluding hydrogens is 294 g/mol. The van der Waals surface area contributed by atoms with Crippen molar-refractivity contribution in [3.63, 3.8) is 0 Å². The van der Waals surface area contributed by atoms with Crippen molar-refractivity contribution in [3.8, 4) is 5.75 Å². The first-order chi connectivity index (χ1) is 9.90. The molecule has 1 heterocycles. The number of anilines is 1. The molecule has 1 aromatic carbocycles. The van der Waals surface area contributed by atoms with Crippen LogP contribution < -0.4 is 9.46 Å². The molecule has 0 spiro atoms. The Kier molecular flexibility index (Phi) is 4.69. The SMILES string of the molecule is COCCCOc1ccc2nc(NS(C)(=O)=O)n(C)c2c1. The van der Waals surface area contributed by atoms with Crippen LogP contribution in [0, 0.1) is 0 Å². The summed E-state index contributed by atoms with van der Waals surface area (Å²) in [6.45, 7) is 1.21. The van der Waals surface area contributed by atoms with E-state index < -0.39 is 10.0 Å². The number of nitrogens with one attached hydrogen (secondary N) is 1. The summed E-state index contributed by atoms with van der Waals surface area (Å²) in [7, 11) is 0.0419. The summed E-state index contributed by atoms with van der Waals surface area (Å²) in [6, 6.07) is 5.45. The van der Waals surface area contributed by atoms with Crippen LogP contribution >= 0.6 is 0 Å². The molecule has 0 saturated carbocycles. The first kappa shape index (κ1) is 15.6. The third-order valence-electron chi connectivity index (χ3n) is 2.89. The Bertz CT molecular complexity index is 724. The van der Waals surface area contributed by atoms with Gasteiger partial charge in [0.05, 0.1) is 23.9 Å². The van der Waals surface area contributed by atoms with E-state index in [0.717, 1.165) is 18.2 Å². The Hall–Kier alpha value is -1.80. The predicted octanol–water partition coefficient (Wildman–Crippen LogP) is 1.36. The summed E-state index contributed by atoms with van der Waals surface area (Å²) in [5.41, 5.74) is 1.50. The summed E-state index contributed by atoms with van der Waals surface area (Å²) in [5.74, 6) is 0.997. The molecule has 8 heteroatoms. The molecular formula is C13H19N3O4S. The van der Waals surface area contributed by atoms with Crippen LogP contribution in [0.4, 0.5) is 5.95 Å². The Morgan fingerprint density at radius 3 is 2.76 bits per heavy atom. The van der Waals surface area contributed by atoms with Gasteiger partial charge in [0.2, 0.25) is 16.0 Å². The van der Waals surface area contributed by atoms with Gasteiger partial charge in [0, 0.05) is 33.3 Å². The number of sulfonamides is 1. The second-order valence-electron chi connectivity index (χ2n) is 4.71. The molecule has 0 radical (unpaired) electrons. The smallest absolute Gasteiger partial charge is 0.232 e. The number of fused-ring (bicyclic) bond motifs is 1. The van der Waals surface area contributed by atoms with E-state index in [1.165, 1.54) is 0 Å². The first-order valence-corrected chi connectivity index (χ1v) is 8.36. The zero-order chi connectivity index (χ0) is 15.5. The van der Waals surface area contributed by atoms with Gasteiger partial charge in [0.15, 0.2) is 0 Å². The number of rotatable bonds is 7. The van der Waals surface area contributed by atoms with Crippen LogP contribution in [0.1, 0.15) is 6.42 Å². The minimum atomic E-state index is -3.36. The molecule has 0 bridgehead atoms. The van der Waals surface area contributed by atoms with Crippen molar-refractivity contribution in [2.45, 2.75) is 6.42 Å². The molecule has 2 aromatic rings. The second-order valence-corrected chi connectivity index (χ2v) is 6.46. The lowest BCUT2D eigenvalue weighted by atomic mass is 10.3. The Labute approximate surface area is 123 Å². The van der Waals surface area contributed by atoms with Gasteiger partial charge in [-0.2, -0.15) is 0 Å². The van der Waals surface area contributed by atoms with Gasteiger partial charge in [0.25, 0.3) is 0 Å². The van der Waals surface area contributed by atoms with Gasteiger partial charge in [-0.3, -0.25) is 4.72 Å². The lowest BCUT2D eigenvalue weighted by Gasteiger charge is -2.06. The largest absolute Gasteiger partial charge is 0.493 e. The highest BCUT2D eigenvalue weighted by atomic mass is 32.2. The minimum absolute atomic E-state index is 0.282. The van der Waals surface area contributed by atoms with Gasteiger partial charge in [-0.25, -0.2) is 13.4 Å². The fraction of sp³-hybridized carbons (Fsp3) is 0.462. The summed E-state index contributed by atoms with van der Waals surface area (Å²) in [4.78, 5) is 4.25. The molecule has 0 saturated heterocycles. The predicted molar refractivity (Wildman–Crippen MR) is 81.2 cm³/mol. The summed E-state index contributed by atoms with van der Waals surface area (Å²) < 4.78 is 37.2. The van der Waals surface area contributed by atoms with Crippen molar-refractivity contribution in [2.24, 2.45) is 7.05 Å². The molecule has 0 aliphatic heterocycles. The summed E-state index contributed by atoms with van der Waals surface area (Å²) in [5, 5.41) is 0. The minimum Gasteiger partial charge on any atom is -0.493 e. The normalized spacial score (nSPS) is 11.8. The number of benzene rings is 1. The standard InChI is InChI=1S/C13H19N3O4S/c1-16-12-9-10(20-8-4-7-19-2)5-6-11(12)14-13(16)15-21(3,17)18/h5-6,9H,4,7-8H2,1-3H3,(H,14,15). The summed E-state index contributed by atoms with van der Waals surface area (Å²) >= 11 is 0. The number of aromatic nitrogens is 2. The van der Waals surface area contributed by atoms with Gasteiger partial charge < -0.3 is 14.0 Å². The third-order valence-corrected chi connectivity index (χ3v) is 3.44. The van der Waals surface area contributed by atoms with Crippen molar-refractivity contribution >= 4 is 27.0 Å². The van der Waals surface area contributed by atoms with Crippen LogP contribution in [-0.2, 0) is 21.8 Å². The van der Waals surface area contributed by atoms with Crippen LogP contribution in [0.5, 0.6) is 5.75 Å². The van der Waals surface area contributed by atoms with Crippen LogP contribution in [-0.4, -0.2) is 44.5 Å². The van der Waals surface area contributed by atoms with E-state index >= 15 is 0 Å². The van der Waals surface area contributed by atoms with E-state index in [9.17, 15) is 8.42 Å². The molecule has 7 nitrogen and oxygen atoms in total. The quantitative estimate of drug-likeness (QED) is 0.780. The zero-order valence-corrected chi connectivity index (χ0v) is 13.1. The van der Waals surface area contributed by atoms with E-state index in [2.05, 4.69) is 9.71 Å². The van der Waals surface area contributed by atoms with E-state index in [0.29, 0.717) is 24.5 Å². The van der Waals surface area contributed by atoms with Gasteiger partial charge in [0.1, 0.15) is 5.75 Å². The molecule has 0 amide bonds. The highest BCUT2D eigenvalue weighted by Gasteiger charge is 2.12. The first-order valence-electron chi connectivity index (χ1n) is 6.47. The van der Waals surface area contributed by atoms with Gasteiger partial charge in [-0.05, 0) is 12.1 Å². The van der Waals surface area contributed by atoms with Gasteiger partial charge >= 0.3 is 0 Å². The zero-order valence-electron chi connectivity index (χ0n) is 12.3. The average Bonchev–Trinajstić information content (AvgIpc) is 2.70. The van der Waals surface area contributed by atoms with Gasteiger partial charge in [-0.1, -0.05) is 0 Å². The number of hydrogen-bond donors (Lipinski definition) is 1. The highest BCUT2D eigenvalue weighted by molar-refractivity contribution is 7.92.